The lowest BCUT2D eigenvalue weighted by Gasteiger charge is -2.09. The van der Waals surface area contributed by atoms with E-state index in [1.54, 1.807) is 55.5 Å². The Balaban J connectivity index is 2.21. The standard InChI is InChI=1S/C22H19BrN2O4/c1-3-11-29-20-10-7-18(23)13-16(20)12-17(14-24)21(26)25-19-8-5-15(6-9-19)22(27)28-4-2/h3,5-10,12-13H,1,4,11H2,2H3,(H,25,26)/b17-12+. The Morgan fingerprint density at radius 2 is 1.97 bits per heavy atom. The Morgan fingerprint density at radius 1 is 1.24 bits per heavy atom. The summed E-state index contributed by atoms with van der Waals surface area (Å²) in [4.78, 5) is 24.2. The zero-order valence-corrected chi connectivity index (χ0v) is 17.4. The van der Waals surface area contributed by atoms with Gasteiger partial charge in [0.1, 0.15) is 24.0 Å². The Labute approximate surface area is 177 Å². The van der Waals surface area contributed by atoms with Crippen molar-refractivity contribution in [3.05, 3.63) is 76.3 Å². The quantitative estimate of drug-likeness (QED) is 0.269. The molecule has 1 amide bonds. The van der Waals surface area contributed by atoms with Gasteiger partial charge in [-0.05, 0) is 55.5 Å². The minimum absolute atomic E-state index is 0.0963. The van der Waals surface area contributed by atoms with Crippen molar-refractivity contribution in [2.24, 2.45) is 0 Å². The van der Waals surface area contributed by atoms with Crippen molar-refractivity contribution in [3.8, 4) is 11.8 Å². The van der Waals surface area contributed by atoms with Gasteiger partial charge in [0.15, 0.2) is 0 Å². The number of hydrogen-bond donors (Lipinski definition) is 1. The number of ether oxygens (including phenoxy) is 2. The molecule has 1 N–H and O–H groups in total. The van der Waals surface area contributed by atoms with Crippen LogP contribution < -0.4 is 10.1 Å². The van der Waals surface area contributed by atoms with Gasteiger partial charge >= 0.3 is 5.97 Å². The molecule has 0 saturated heterocycles. The first-order valence-electron chi connectivity index (χ1n) is 8.72. The van der Waals surface area contributed by atoms with Crippen molar-refractivity contribution in [3.63, 3.8) is 0 Å². The van der Waals surface area contributed by atoms with Gasteiger partial charge in [-0.2, -0.15) is 5.26 Å². The molecule has 148 valence electrons. The van der Waals surface area contributed by atoms with Crippen molar-refractivity contribution in [1.29, 1.82) is 5.26 Å². The lowest BCUT2D eigenvalue weighted by molar-refractivity contribution is -0.112. The van der Waals surface area contributed by atoms with E-state index >= 15 is 0 Å². The number of halogens is 1. The largest absolute Gasteiger partial charge is 0.489 e. The molecule has 0 aromatic heterocycles. The molecule has 0 atom stereocenters. The van der Waals surface area contributed by atoms with E-state index in [-0.39, 0.29) is 12.2 Å². The Hall–Kier alpha value is -3.37. The minimum Gasteiger partial charge on any atom is -0.489 e. The summed E-state index contributed by atoms with van der Waals surface area (Å²) < 4.78 is 11.3. The molecule has 6 nitrogen and oxygen atoms in total. The monoisotopic (exact) mass is 454 g/mol. The number of carbonyl (C=O) groups is 2. The maximum atomic E-state index is 12.5. The number of nitriles is 1. The normalized spacial score (nSPS) is 10.6. The molecule has 7 heteroatoms. The van der Waals surface area contributed by atoms with E-state index in [2.05, 4.69) is 27.8 Å². The minimum atomic E-state index is -0.578. The highest BCUT2D eigenvalue weighted by atomic mass is 79.9. The van der Waals surface area contributed by atoms with Crippen LogP contribution in [0.1, 0.15) is 22.8 Å². The molecule has 2 rings (SSSR count). The summed E-state index contributed by atoms with van der Waals surface area (Å²) in [6.45, 7) is 5.91. The average Bonchev–Trinajstić information content (AvgIpc) is 2.72. The zero-order valence-electron chi connectivity index (χ0n) is 15.8. The van der Waals surface area contributed by atoms with Gasteiger partial charge in [-0.15, -0.1) is 0 Å². The fraction of sp³-hybridized carbons (Fsp3) is 0.136. The molecule has 0 aliphatic heterocycles. The van der Waals surface area contributed by atoms with Crippen molar-refractivity contribution in [2.45, 2.75) is 6.92 Å². The molecule has 0 radical (unpaired) electrons. The summed E-state index contributed by atoms with van der Waals surface area (Å²) in [7, 11) is 0. The number of amides is 1. The number of nitrogens with zero attached hydrogens (tertiary/aromatic N) is 1. The predicted octanol–water partition coefficient (Wildman–Crippen LogP) is 4.74. The molecule has 0 aliphatic rings. The number of anilines is 1. The number of rotatable bonds is 8. The van der Waals surface area contributed by atoms with Gasteiger partial charge in [0.05, 0.1) is 12.2 Å². The molecule has 2 aromatic carbocycles. The second-order valence-electron chi connectivity index (χ2n) is 5.70. The van der Waals surface area contributed by atoms with E-state index in [0.717, 1.165) is 4.47 Å². The van der Waals surface area contributed by atoms with Gasteiger partial charge < -0.3 is 14.8 Å². The summed E-state index contributed by atoms with van der Waals surface area (Å²) in [5.41, 5.74) is 1.30. The Morgan fingerprint density at radius 3 is 2.59 bits per heavy atom. The van der Waals surface area contributed by atoms with Gasteiger partial charge in [-0.3, -0.25) is 4.79 Å². The van der Waals surface area contributed by atoms with Gasteiger partial charge in [-0.25, -0.2) is 4.79 Å². The highest BCUT2D eigenvalue weighted by molar-refractivity contribution is 9.10. The molecule has 0 aliphatic carbocycles. The van der Waals surface area contributed by atoms with Crippen LogP contribution in [0.4, 0.5) is 5.69 Å². The fourth-order valence-corrected chi connectivity index (χ4v) is 2.70. The number of esters is 1. The van der Waals surface area contributed by atoms with Crippen LogP contribution in [0.2, 0.25) is 0 Å². The molecule has 0 fully saturated rings. The third-order valence-electron chi connectivity index (χ3n) is 3.65. The van der Waals surface area contributed by atoms with E-state index in [0.29, 0.717) is 29.2 Å². The van der Waals surface area contributed by atoms with Crippen molar-refractivity contribution in [2.75, 3.05) is 18.5 Å². The molecule has 0 bridgehead atoms. The summed E-state index contributed by atoms with van der Waals surface area (Å²) in [6.07, 6.45) is 3.05. The topological polar surface area (TPSA) is 88.4 Å². The van der Waals surface area contributed by atoms with Gasteiger partial charge in [-0.1, -0.05) is 28.6 Å². The smallest absolute Gasteiger partial charge is 0.338 e. The summed E-state index contributed by atoms with van der Waals surface area (Å²) >= 11 is 3.37. The van der Waals surface area contributed by atoms with Crippen LogP contribution in [-0.4, -0.2) is 25.1 Å². The zero-order chi connectivity index (χ0) is 21.2. The molecular formula is C22H19BrN2O4. The first-order chi connectivity index (χ1) is 14.0. The van der Waals surface area contributed by atoms with E-state index in [9.17, 15) is 14.9 Å². The van der Waals surface area contributed by atoms with E-state index in [1.807, 2.05) is 6.07 Å². The molecule has 0 spiro atoms. The Bertz CT molecular complexity index is 975. The second kappa shape index (κ2) is 10.8. The number of benzene rings is 2. The first-order valence-corrected chi connectivity index (χ1v) is 9.51. The van der Waals surface area contributed by atoms with Crippen LogP contribution in [-0.2, 0) is 9.53 Å². The molecule has 0 saturated carbocycles. The van der Waals surface area contributed by atoms with Crippen molar-refractivity contribution < 1.29 is 19.1 Å². The van der Waals surface area contributed by atoms with Gasteiger partial charge in [0.25, 0.3) is 5.91 Å². The van der Waals surface area contributed by atoms with Gasteiger partial charge in [0.2, 0.25) is 0 Å². The van der Waals surface area contributed by atoms with Crippen LogP contribution in [0, 0.1) is 11.3 Å². The first kappa shape index (κ1) is 21.9. The second-order valence-corrected chi connectivity index (χ2v) is 6.62. The Kier molecular flexibility index (Phi) is 8.19. The maximum Gasteiger partial charge on any atom is 0.338 e. The van der Waals surface area contributed by atoms with E-state index in [4.69, 9.17) is 9.47 Å². The fourth-order valence-electron chi connectivity index (χ4n) is 2.32. The molecular weight excluding hydrogens is 436 g/mol. The van der Waals surface area contributed by atoms with Crippen LogP contribution in [0.3, 0.4) is 0 Å². The van der Waals surface area contributed by atoms with Crippen molar-refractivity contribution >= 4 is 39.6 Å². The van der Waals surface area contributed by atoms with Crippen LogP contribution in [0.15, 0.2) is 65.2 Å². The van der Waals surface area contributed by atoms with Crippen molar-refractivity contribution in [1.82, 2.24) is 0 Å². The summed E-state index contributed by atoms with van der Waals surface area (Å²) in [5.74, 6) is -0.497. The third-order valence-corrected chi connectivity index (χ3v) is 4.14. The molecule has 0 unspecified atom stereocenters. The summed E-state index contributed by atoms with van der Waals surface area (Å²) in [6, 6.07) is 13.4. The highest BCUT2D eigenvalue weighted by Crippen LogP contribution is 2.26. The molecule has 0 heterocycles. The molecule has 29 heavy (non-hydrogen) atoms. The summed E-state index contributed by atoms with van der Waals surface area (Å²) in [5, 5.41) is 12.1. The highest BCUT2D eigenvalue weighted by Gasteiger charge is 2.13. The van der Waals surface area contributed by atoms with Gasteiger partial charge in [0, 0.05) is 15.7 Å². The van der Waals surface area contributed by atoms with Crippen LogP contribution >= 0.6 is 15.9 Å². The third kappa shape index (κ3) is 6.33. The molecule has 2 aromatic rings. The maximum absolute atomic E-state index is 12.5. The number of carbonyl (C=O) groups excluding carboxylic acids is 2. The number of hydrogen-bond acceptors (Lipinski definition) is 5. The SMILES string of the molecule is C=CCOc1ccc(Br)cc1/C=C(\C#N)C(=O)Nc1ccc(C(=O)OCC)cc1. The van der Waals surface area contributed by atoms with Crippen LogP contribution in [0.5, 0.6) is 5.75 Å². The van der Waals surface area contributed by atoms with E-state index < -0.39 is 11.9 Å². The predicted molar refractivity (Wildman–Crippen MR) is 114 cm³/mol. The van der Waals surface area contributed by atoms with Crippen LogP contribution in [0.25, 0.3) is 6.08 Å². The van der Waals surface area contributed by atoms with E-state index in [1.165, 1.54) is 6.08 Å². The lowest BCUT2D eigenvalue weighted by Crippen LogP contribution is -2.14. The number of nitrogens with one attached hydrogen (secondary N) is 1. The lowest BCUT2D eigenvalue weighted by atomic mass is 10.1. The average molecular weight is 455 g/mol.